The first-order chi connectivity index (χ1) is 8.87. The highest BCUT2D eigenvalue weighted by atomic mass is 16.7. The molecule has 0 N–H and O–H groups in total. The summed E-state index contributed by atoms with van der Waals surface area (Å²) >= 11 is 0. The van der Waals surface area contributed by atoms with Crippen LogP contribution in [0, 0.1) is 5.41 Å². The maximum Gasteiger partial charge on any atom is 0.306 e. The number of carbonyl (C=O) groups excluding carboxylic acids is 2. The van der Waals surface area contributed by atoms with Crippen LogP contribution in [0.15, 0.2) is 0 Å². The van der Waals surface area contributed by atoms with Gasteiger partial charge in [-0.3, -0.25) is 9.59 Å². The van der Waals surface area contributed by atoms with E-state index in [0.29, 0.717) is 19.8 Å². The average molecular weight is 274 g/mol. The van der Waals surface area contributed by atoms with Crippen LogP contribution in [0.4, 0.5) is 0 Å². The van der Waals surface area contributed by atoms with Crippen molar-refractivity contribution in [3.63, 3.8) is 0 Å². The molecule has 0 atom stereocenters. The van der Waals surface area contributed by atoms with E-state index in [1.165, 1.54) is 0 Å². The maximum absolute atomic E-state index is 11.5. The van der Waals surface area contributed by atoms with Crippen LogP contribution in [0.3, 0.4) is 0 Å². The summed E-state index contributed by atoms with van der Waals surface area (Å²) in [4.78, 5) is 22.9. The van der Waals surface area contributed by atoms with Crippen molar-refractivity contribution in [1.29, 1.82) is 0 Å². The van der Waals surface area contributed by atoms with Gasteiger partial charge in [-0.2, -0.15) is 0 Å². The second kappa shape index (κ2) is 7.45. The fraction of sp³-hybridized carbons (Fsp3) is 0.846. The number of carbonyl (C=O) groups is 2. The van der Waals surface area contributed by atoms with Crippen molar-refractivity contribution in [2.75, 3.05) is 26.6 Å². The molecule has 6 nitrogen and oxygen atoms in total. The predicted octanol–water partition coefficient (Wildman–Crippen LogP) is 1.27. The summed E-state index contributed by atoms with van der Waals surface area (Å²) in [6.07, 6.45) is -0.338. The molecule has 0 spiro atoms. The summed E-state index contributed by atoms with van der Waals surface area (Å²) < 4.78 is 20.1. The molecule has 110 valence electrons. The van der Waals surface area contributed by atoms with Gasteiger partial charge in [0, 0.05) is 0 Å². The Morgan fingerprint density at radius 3 is 2.26 bits per heavy atom. The largest absolute Gasteiger partial charge is 0.465 e. The lowest BCUT2D eigenvalue weighted by molar-refractivity contribution is -0.183. The van der Waals surface area contributed by atoms with Crippen molar-refractivity contribution in [3.05, 3.63) is 0 Å². The van der Waals surface area contributed by atoms with Crippen LogP contribution >= 0.6 is 0 Å². The number of esters is 2. The zero-order valence-electron chi connectivity index (χ0n) is 11.8. The minimum Gasteiger partial charge on any atom is -0.465 e. The van der Waals surface area contributed by atoms with Gasteiger partial charge in [0.05, 0.1) is 32.7 Å². The number of hydrogen-bond donors (Lipinski definition) is 0. The molecule has 6 heteroatoms. The van der Waals surface area contributed by atoms with Gasteiger partial charge in [0.1, 0.15) is 12.9 Å². The van der Waals surface area contributed by atoms with Crippen LogP contribution in [0.1, 0.15) is 33.6 Å². The third-order valence-electron chi connectivity index (χ3n) is 2.27. The van der Waals surface area contributed by atoms with E-state index in [1.807, 2.05) is 20.8 Å². The van der Waals surface area contributed by atoms with Crippen molar-refractivity contribution in [2.24, 2.45) is 5.41 Å². The van der Waals surface area contributed by atoms with Crippen molar-refractivity contribution in [3.8, 4) is 0 Å². The topological polar surface area (TPSA) is 71.1 Å². The molecule has 0 aromatic heterocycles. The Hall–Kier alpha value is -1.14. The molecular weight excluding hydrogens is 252 g/mol. The summed E-state index contributed by atoms with van der Waals surface area (Å²) in [5, 5.41) is 0. The third kappa shape index (κ3) is 7.79. The Morgan fingerprint density at radius 1 is 1.11 bits per heavy atom. The van der Waals surface area contributed by atoms with Gasteiger partial charge in [0.25, 0.3) is 0 Å². The molecule has 1 aliphatic heterocycles. The van der Waals surface area contributed by atoms with Gasteiger partial charge < -0.3 is 18.9 Å². The third-order valence-corrected chi connectivity index (χ3v) is 2.27. The van der Waals surface area contributed by atoms with E-state index >= 15 is 0 Å². The Bertz CT molecular complexity index is 301. The van der Waals surface area contributed by atoms with E-state index in [2.05, 4.69) is 0 Å². The molecule has 1 heterocycles. The summed E-state index contributed by atoms with van der Waals surface area (Å²) in [7, 11) is 0. The summed E-state index contributed by atoms with van der Waals surface area (Å²) in [6.45, 7) is 7.14. The van der Waals surface area contributed by atoms with Crippen molar-refractivity contribution in [1.82, 2.24) is 0 Å². The first-order valence-corrected chi connectivity index (χ1v) is 6.37. The van der Waals surface area contributed by atoms with Crippen LogP contribution in [0.2, 0.25) is 0 Å². The lowest BCUT2D eigenvalue weighted by Crippen LogP contribution is -2.33. The first-order valence-electron chi connectivity index (χ1n) is 6.37. The highest BCUT2D eigenvalue weighted by Gasteiger charge is 2.20. The van der Waals surface area contributed by atoms with Crippen LogP contribution in [0.25, 0.3) is 0 Å². The van der Waals surface area contributed by atoms with E-state index in [4.69, 9.17) is 18.9 Å². The minimum atomic E-state index is -0.438. The highest BCUT2D eigenvalue weighted by Crippen LogP contribution is 2.13. The van der Waals surface area contributed by atoms with E-state index in [9.17, 15) is 9.59 Å². The number of ether oxygens (including phenoxy) is 4. The van der Waals surface area contributed by atoms with Gasteiger partial charge in [-0.05, 0) is 5.41 Å². The Kier molecular flexibility index (Phi) is 6.24. The molecule has 0 aromatic rings. The Morgan fingerprint density at radius 2 is 1.68 bits per heavy atom. The Labute approximate surface area is 113 Å². The van der Waals surface area contributed by atoms with Gasteiger partial charge in [-0.1, -0.05) is 20.8 Å². The molecule has 0 amide bonds. The summed E-state index contributed by atoms with van der Waals surface area (Å²) in [5.41, 5.74) is -0.0764. The highest BCUT2D eigenvalue weighted by molar-refractivity contribution is 5.77. The number of hydrogen-bond acceptors (Lipinski definition) is 6. The van der Waals surface area contributed by atoms with Crippen molar-refractivity contribution in [2.45, 2.75) is 39.7 Å². The fourth-order valence-corrected chi connectivity index (χ4v) is 1.35. The molecule has 0 aliphatic carbocycles. The Balaban J connectivity index is 2.13. The quantitative estimate of drug-likeness (QED) is 0.703. The fourth-order valence-electron chi connectivity index (χ4n) is 1.35. The van der Waals surface area contributed by atoms with Crippen molar-refractivity contribution < 1.29 is 28.5 Å². The average Bonchev–Trinajstić information content (AvgIpc) is 2.34. The minimum absolute atomic E-state index is 0.0134. The molecule has 0 bridgehead atoms. The van der Waals surface area contributed by atoms with Crippen LogP contribution in [-0.4, -0.2) is 44.7 Å². The number of rotatable bonds is 5. The van der Waals surface area contributed by atoms with E-state index in [0.717, 1.165) is 0 Å². The molecule has 1 rings (SSSR count). The smallest absolute Gasteiger partial charge is 0.306 e. The lowest BCUT2D eigenvalue weighted by Gasteiger charge is -2.22. The monoisotopic (exact) mass is 274 g/mol. The van der Waals surface area contributed by atoms with E-state index in [-0.39, 0.29) is 37.1 Å². The van der Waals surface area contributed by atoms with E-state index < -0.39 is 5.97 Å². The molecule has 19 heavy (non-hydrogen) atoms. The first kappa shape index (κ1) is 15.9. The van der Waals surface area contributed by atoms with Crippen molar-refractivity contribution >= 4 is 11.9 Å². The molecule has 0 unspecified atom stereocenters. The normalized spacial score (nSPS) is 17.0. The molecule has 1 saturated heterocycles. The summed E-state index contributed by atoms with van der Waals surface area (Å²) in [6, 6.07) is 0. The lowest BCUT2D eigenvalue weighted by atomic mass is 9.99. The molecular formula is C13H22O6. The van der Waals surface area contributed by atoms with Gasteiger partial charge in [0.2, 0.25) is 0 Å². The predicted molar refractivity (Wildman–Crippen MR) is 66.3 cm³/mol. The zero-order valence-corrected chi connectivity index (χ0v) is 11.8. The second-order valence-electron chi connectivity index (χ2n) is 5.69. The molecule has 1 fully saturated rings. The van der Waals surface area contributed by atoms with Crippen LogP contribution < -0.4 is 0 Å². The van der Waals surface area contributed by atoms with Gasteiger partial charge in [-0.15, -0.1) is 0 Å². The molecule has 0 aromatic carbocycles. The van der Waals surface area contributed by atoms with Gasteiger partial charge >= 0.3 is 11.9 Å². The SMILES string of the molecule is CC(C)(C)COC(=O)CCC(=O)OC1COCOC1. The summed E-state index contributed by atoms with van der Waals surface area (Å²) in [5.74, 6) is -0.824. The maximum atomic E-state index is 11.5. The zero-order chi connectivity index (χ0) is 14.3. The van der Waals surface area contributed by atoms with Gasteiger partial charge in [0.15, 0.2) is 0 Å². The van der Waals surface area contributed by atoms with Crippen LogP contribution in [-0.2, 0) is 28.5 Å². The second-order valence-corrected chi connectivity index (χ2v) is 5.69. The molecule has 0 radical (unpaired) electrons. The standard InChI is InChI=1S/C13H22O6/c1-13(2,3)8-18-11(14)4-5-12(15)19-10-6-16-9-17-7-10/h10H,4-9H2,1-3H3. The van der Waals surface area contributed by atoms with Gasteiger partial charge in [-0.25, -0.2) is 0 Å². The molecule has 1 aliphatic rings. The van der Waals surface area contributed by atoms with E-state index in [1.54, 1.807) is 0 Å². The molecule has 0 saturated carbocycles. The van der Waals surface area contributed by atoms with Crippen LogP contribution in [0.5, 0.6) is 0 Å².